The second-order valence-electron chi connectivity index (χ2n) is 7.85. The van der Waals surface area contributed by atoms with Gasteiger partial charge in [0.2, 0.25) is 5.91 Å². The van der Waals surface area contributed by atoms with Crippen molar-refractivity contribution in [1.29, 1.82) is 0 Å². The van der Waals surface area contributed by atoms with Crippen LogP contribution in [0.1, 0.15) is 39.5 Å². The number of morpholine rings is 1. The molecular formula is C20H29NO4. The predicted molar refractivity (Wildman–Crippen MR) is 95.4 cm³/mol. The zero-order valence-electron chi connectivity index (χ0n) is 15.2. The van der Waals surface area contributed by atoms with Crippen LogP contribution in [-0.4, -0.2) is 53.4 Å². The molecule has 1 saturated carbocycles. The maximum Gasteiger partial charge on any atom is 0.225 e. The van der Waals surface area contributed by atoms with Gasteiger partial charge in [-0.15, -0.1) is 0 Å². The average Bonchev–Trinajstić information content (AvgIpc) is 2.59. The summed E-state index contributed by atoms with van der Waals surface area (Å²) in [6, 6.07) is 9.67. The fourth-order valence-corrected chi connectivity index (χ4v) is 3.84. The Hall–Kier alpha value is -1.59. The van der Waals surface area contributed by atoms with E-state index >= 15 is 0 Å². The van der Waals surface area contributed by atoms with E-state index in [-0.39, 0.29) is 29.6 Å². The number of ether oxygens (including phenoxy) is 2. The van der Waals surface area contributed by atoms with E-state index in [4.69, 9.17) is 9.47 Å². The third kappa shape index (κ3) is 4.95. The molecule has 5 heteroatoms. The number of amides is 1. The van der Waals surface area contributed by atoms with E-state index < -0.39 is 0 Å². The van der Waals surface area contributed by atoms with Crippen LogP contribution in [0.4, 0.5) is 0 Å². The number of para-hydroxylation sites is 1. The number of nitrogens with zero attached hydrogens (tertiary/aromatic N) is 1. The standard InChI is InChI=1S/C20H29NO4/c1-20(2)14-21(19(23)15-8-10-16(22)11-9-15)12-18(25-20)13-24-17-6-4-3-5-7-17/h3-7,15-16,18,22H,8-14H2,1-2H3/t15?,16?,18-/m1/s1. The summed E-state index contributed by atoms with van der Waals surface area (Å²) < 4.78 is 12.0. The lowest BCUT2D eigenvalue weighted by Crippen LogP contribution is -2.57. The van der Waals surface area contributed by atoms with Gasteiger partial charge in [-0.25, -0.2) is 0 Å². The molecule has 2 aliphatic rings. The molecule has 3 rings (SSSR count). The topological polar surface area (TPSA) is 59.0 Å². The van der Waals surface area contributed by atoms with Gasteiger partial charge >= 0.3 is 0 Å². The fourth-order valence-electron chi connectivity index (χ4n) is 3.84. The Labute approximate surface area is 149 Å². The van der Waals surface area contributed by atoms with E-state index in [0.29, 0.717) is 19.7 Å². The van der Waals surface area contributed by atoms with Crippen LogP contribution < -0.4 is 4.74 Å². The summed E-state index contributed by atoms with van der Waals surface area (Å²) in [6.45, 7) is 5.64. The quantitative estimate of drug-likeness (QED) is 0.910. The van der Waals surface area contributed by atoms with Gasteiger partial charge in [-0.1, -0.05) is 18.2 Å². The Bertz CT molecular complexity index is 566. The summed E-state index contributed by atoms with van der Waals surface area (Å²) in [5, 5.41) is 9.66. The Kier molecular flexibility index (Phi) is 5.64. The number of benzene rings is 1. The first-order valence-electron chi connectivity index (χ1n) is 9.25. The number of carbonyl (C=O) groups excluding carboxylic acids is 1. The van der Waals surface area contributed by atoms with Crippen LogP contribution in [0, 0.1) is 5.92 Å². The second-order valence-corrected chi connectivity index (χ2v) is 7.85. The molecule has 2 fully saturated rings. The number of hydrogen-bond acceptors (Lipinski definition) is 4. The van der Waals surface area contributed by atoms with E-state index in [0.717, 1.165) is 31.4 Å². The van der Waals surface area contributed by atoms with Gasteiger partial charge in [0.05, 0.1) is 18.2 Å². The number of hydrogen-bond donors (Lipinski definition) is 1. The molecule has 0 aromatic heterocycles. The monoisotopic (exact) mass is 347 g/mol. The maximum atomic E-state index is 12.9. The largest absolute Gasteiger partial charge is 0.491 e. The smallest absolute Gasteiger partial charge is 0.225 e. The molecular weight excluding hydrogens is 318 g/mol. The first-order chi connectivity index (χ1) is 11.9. The lowest BCUT2D eigenvalue weighted by atomic mass is 9.86. The molecule has 5 nitrogen and oxygen atoms in total. The SMILES string of the molecule is CC1(C)CN(C(=O)C2CCC(O)CC2)C[C@H](COc2ccccc2)O1. The summed E-state index contributed by atoms with van der Waals surface area (Å²) in [6.07, 6.45) is 2.64. The van der Waals surface area contributed by atoms with Crippen LogP contribution in [0.2, 0.25) is 0 Å². The van der Waals surface area contributed by atoms with Gasteiger partial charge in [-0.05, 0) is 51.7 Å². The first-order valence-corrected chi connectivity index (χ1v) is 9.25. The van der Waals surface area contributed by atoms with Crippen molar-refractivity contribution >= 4 is 5.91 Å². The van der Waals surface area contributed by atoms with Gasteiger partial charge in [0.25, 0.3) is 0 Å². The van der Waals surface area contributed by atoms with Crippen LogP contribution in [0.25, 0.3) is 0 Å². The normalized spacial score (nSPS) is 29.2. The highest BCUT2D eigenvalue weighted by Crippen LogP contribution is 2.29. The average molecular weight is 347 g/mol. The molecule has 1 aromatic carbocycles. The van der Waals surface area contributed by atoms with E-state index in [9.17, 15) is 9.90 Å². The van der Waals surface area contributed by atoms with Gasteiger partial charge in [-0.3, -0.25) is 4.79 Å². The first kappa shape index (κ1) is 18.2. The van der Waals surface area contributed by atoms with Gasteiger partial charge in [0, 0.05) is 12.5 Å². The van der Waals surface area contributed by atoms with Crippen LogP contribution in [-0.2, 0) is 9.53 Å². The van der Waals surface area contributed by atoms with Crippen molar-refractivity contribution in [2.24, 2.45) is 5.92 Å². The third-order valence-corrected chi connectivity index (χ3v) is 5.02. The minimum atomic E-state index is -0.382. The molecule has 0 radical (unpaired) electrons. The highest BCUT2D eigenvalue weighted by atomic mass is 16.5. The van der Waals surface area contributed by atoms with Gasteiger partial charge in [0.15, 0.2) is 0 Å². The molecule has 1 atom stereocenters. The van der Waals surface area contributed by atoms with Crippen LogP contribution in [0.3, 0.4) is 0 Å². The molecule has 0 unspecified atom stereocenters. The molecule has 1 amide bonds. The summed E-state index contributed by atoms with van der Waals surface area (Å²) >= 11 is 0. The number of rotatable bonds is 4. The highest BCUT2D eigenvalue weighted by Gasteiger charge is 2.38. The van der Waals surface area contributed by atoms with Crippen molar-refractivity contribution in [2.75, 3.05) is 19.7 Å². The Balaban J connectivity index is 1.59. The molecule has 0 bridgehead atoms. The van der Waals surface area contributed by atoms with Crippen molar-refractivity contribution < 1.29 is 19.4 Å². The van der Waals surface area contributed by atoms with E-state index in [1.807, 2.05) is 49.1 Å². The van der Waals surface area contributed by atoms with Crippen molar-refractivity contribution in [3.63, 3.8) is 0 Å². The Morgan fingerprint density at radius 2 is 1.92 bits per heavy atom. The zero-order valence-corrected chi connectivity index (χ0v) is 15.2. The van der Waals surface area contributed by atoms with E-state index in [2.05, 4.69) is 0 Å². The molecule has 25 heavy (non-hydrogen) atoms. The van der Waals surface area contributed by atoms with Crippen molar-refractivity contribution in [2.45, 2.75) is 57.3 Å². The van der Waals surface area contributed by atoms with Crippen molar-refractivity contribution in [3.05, 3.63) is 30.3 Å². The predicted octanol–water partition coefficient (Wildman–Crippen LogP) is 2.62. The maximum absolute atomic E-state index is 12.9. The third-order valence-electron chi connectivity index (χ3n) is 5.02. The van der Waals surface area contributed by atoms with Gasteiger partial charge in [-0.2, -0.15) is 0 Å². The molecule has 138 valence electrons. The molecule has 1 heterocycles. The summed E-state index contributed by atoms with van der Waals surface area (Å²) in [7, 11) is 0. The van der Waals surface area contributed by atoms with Gasteiger partial charge < -0.3 is 19.5 Å². The summed E-state index contributed by atoms with van der Waals surface area (Å²) in [5.74, 6) is 1.05. The van der Waals surface area contributed by atoms with E-state index in [1.165, 1.54) is 0 Å². The zero-order chi connectivity index (χ0) is 17.9. The van der Waals surface area contributed by atoms with E-state index in [1.54, 1.807) is 0 Å². The highest BCUT2D eigenvalue weighted by molar-refractivity contribution is 5.79. The number of carbonyl (C=O) groups is 1. The minimum Gasteiger partial charge on any atom is -0.491 e. The molecule has 1 aliphatic carbocycles. The van der Waals surface area contributed by atoms with Crippen molar-refractivity contribution in [1.82, 2.24) is 4.90 Å². The lowest BCUT2D eigenvalue weighted by Gasteiger charge is -2.44. The Morgan fingerprint density at radius 1 is 1.24 bits per heavy atom. The fraction of sp³-hybridized carbons (Fsp3) is 0.650. The lowest BCUT2D eigenvalue weighted by molar-refractivity contribution is -0.169. The summed E-state index contributed by atoms with van der Waals surface area (Å²) in [4.78, 5) is 14.9. The minimum absolute atomic E-state index is 0.0352. The van der Waals surface area contributed by atoms with Gasteiger partial charge in [0.1, 0.15) is 18.5 Å². The molecule has 1 aliphatic heterocycles. The van der Waals surface area contributed by atoms with Crippen LogP contribution >= 0.6 is 0 Å². The molecule has 0 spiro atoms. The molecule has 1 saturated heterocycles. The van der Waals surface area contributed by atoms with Crippen molar-refractivity contribution in [3.8, 4) is 5.75 Å². The summed E-state index contributed by atoms with van der Waals surface area (Å²) in [5.41, 5.74) is -0.382. The molecule has 1 aromatic rings. The number of aliphatic hydroxyl groups is 1. The molecule has 1 N–H and O–H groups in total. The Morgan fingerprint density at radius 3 is 2.60 bits per heavy atom. The number of aliphatic hydroxyl groups excluding tert-OH is 1. The second kappa shape index (κ2) is 7.75. The van der Waals surface area contributed by atoms with Crippen LogP contribution in [0.15, 0.2) is 30.3 Å². The van der Waals surface area contributed by atoms with Crippen LogP contribution in [0.5, 0.6) is 5.75 Å².